The van der Waals surface area contributed by atoms with E-state index in [1.54, 1.807) is 0 Å². The number of fused-ring (bicyclic) bond motifs is 6. The molecule has 0 unspecified atom stereocenters. The normalized spacial score (nSPS) is 41.9. The molecule has 0 spiro atoms. The number of carbonyl (C=O) groups is 2. The Balaban J connectivity index is 1.70. The molecule has 4 heterocycles. The molecular weight excluding hydrogens is 240 g/mol. The van der Waals surface area contributed by atoms with E-state index in [0.717, 1.165) is 45.2 Å². The number of rotatable bonds is 0. The molecule has 0 radical (unpaired) electrons. The summed E-state index contributed by atoms with van der Waals surface area (Å²) < 4.78 is 0. The average molecular weight is 262 g/mol. The van der Waals surface area contributed by atoms with Gasteiger partial charge >= 0.3 is 0 Å². The summed E-state index contributed by atoms with van der Waals surface area (Å²) in [6, 6.07) is 0.431. The van der Waals surface area contributed by atoms with Crippen LogP contribution in [0, 0.1) is 11.8 Å². The molecule has 4 aliphatic rings. The second-order valence-electron chi connectivity index (χ2n) is 6.64. The van der Waals surface area contributed by atoms with Gasteiger partial charge in [-0.2, -0.15) is 0 Å². The number of nitrogens with zero attached hydrogens (tertiary/aromatic N) is 2. The van der Waals surface area contributed by atoms with Crippen molar-refractivity contribution in [1.82, 2.24) is 9.80 Å². The zero-order valence-electron chi connectivity index (χ0n) is 11.4. The fraction of sp³-hybridized carbons (Fsp3) is 0.867. The van der Waals surface area contributed by atoms with Crippen LogP contribution in [0.25, 0.3) is 0 Å². The monoisotopic (exact) mass is 262 g/mol. The van der Waals surface area contributed by atoms with Gasteiger partial charge in [0, 0.05) is 25.2 Å². The molecule has 4 fully saturated rings. The van der Waals surface area contributed by atoms with Gasteiger partial charge in [0.25, 0.3) is 0 Å². The minimum atomic E-state index is 0.109. The molecule has 0 aromatic heterocycles. The van der Waals surface area contributed by atoms with E-state index in [9.17, 15) is 9.59 Å². The van der Waals surface area contributed by atoms with Crippen molar-refractivity contribution < 1.29 is 9.59 Å². The molecule has 0 aromatic rings. The molecule has 4 heteroatoms. The minimum absolute atomic E-state index is 0.109. The fourth-order valence-electron chi connectivity index (χ4n) is 4.84. The van der Waals surface area contributed by atoms with Crippen molar-refractivity contribution in [2.75, 3.05) is 13.1 Å². The number of hydrogen-bond acceptors (Lipinski definition) is 2. The molecule has 2 bridgehead atoms. The van der Waals surface area contributed by atoms with Gasteiger partial charge in [0.1, 0.15) is 0 Å². The first-order chi connectivity index (χ1) is 9.27. The maximum Gasteiger partial charge on any atom is 0.228 e. The highest BCUT2D eigenvalue weighted by Crippen LogP contribution is 2.43. The highest BCUT2D eigenvalue weighted by molar-refractivity contribution is 5.89. The first-order valence-electron chi connectivity index (χ1n) is 7.88. The van der Waals surface area contributed by atoms with Crippen molar-refractivity contribution in [3.8, 4) is 0 Å². The first kappa shape index (κ1) is 11.7. The summed E-state index contributed by atoms with van der Waals surface area (Å²) in [5.41, 5.74) is 0. The van der Waals surface area contributed by atoms with Crippen molar-refractivity contribution in [3.63, 3.8) is 0 Å². The Morgan fingerprint density at radius 3 is 1.68 bits per heavy atom. The maximum absolute atomic E-state index is 12.7. The SMILES string of the molecule is O=C1[C@@H]2C[C@H](C(=O)N3CCCC[C@@H]23)[C@@H]2CCCCN12. The van der Waals surface area contributed by atoms with E-state index >= 15 is 0 Å². The lowest BCUT2D eigenvalue weighted by atomic mass is 9.70. The Morgan fingerprint density at radius 1 is 0.737 bits per heavy atom. The summed E-state index contributed by atoms with van der Waals surface area (Å²) in [7, 11) is 0. The molecule has 4 atom stereocenters. The highest BCUT2D eigenvalue weighted by Gasteiger charge is 2.54. The van der Waals surface area contributed by atoms with E-state index in [4.69, 9.17) is 0 Å². The van der Waals surface area contributed by atoms with Crippen LogP contribution in [0.2, 0.25) is 0 Å². The standard InChI is InChI=1S/C15H22N2O2/c18-14-10-9-11(13-6-2-4-8-17(13)14)15(19)16-7-3-1-5-12(10)16/h10-13H,1-9H2/t10-,11+,12-,13-/m0/s1. The van der Waals surface area contributed by atoms with Gasteiger partial charge < -0.3 is 9.80 Å². The summed E-state index contributed by atoms with van der Waals surface area (Å²) in [5, 5.41) is 0. The van der Waals surface area contributed by atoms with Crippen LogP contribution in [0.4, 0.5) is 0 Å². The Hall–Kier alpha value is -1.06. The van der Waals surface area contributed by atoms with Crippen LogP contribution in [0.3, 0.4) is 0 Å². The Bertz CT molecular complexity index is 384. The van der Waals surface area contributed by atoms with Crippen LogP contribution in [-0.2, 0) is 9.59 Å². The second kappa shape index (κ2) is 4.22. The molecule has 4 saturated heterocycles. The van der Waals surface area contributed by atoms with E-state index in [0.29, 0.717) is 11.8 Å². The second-order valence-corrected chi connectivity index (χ2v) is 6.64. The van der Waals surface area contributed by atoms with Crippen molar-refractivity contribution in [2.45, 2.75) is 57.0 Å². The maximum atomic E-state index is 12.7. The predicted molar refractivity (Wildman–Crippen MR) is 70.3 cm³/mol. The molecule has 4 nitrogen and oxygen atoms in total. The van der Waals surface area contributed by atoms with Crippen molar-refractivity contribution in [2.24, 2.45) is 11.8 Å². The third kappa shape index (κ3) is 1.58. The summed E-state index contributed by atoms with van der Waals surface area (Å²) in [6.07, 6.45) is 7.48. The lowest BCUT2D eigenvalue weighted by Crippen LogP contribution is -2.67. The zero-order valence-corrected chi connectivity index (χ0v) is 11.4. The largest absolute Gasteiger partial charge is 0.339 e. The number of hydrogen-bond donors (Lipinski definition) is 0. The van der Waals surface area contributed by atoms with Crippen LogP contribution < -0.4 is 0 Å². The Morgan fingerprint density at radius 2 is 1.21 bits per heavy atom. The topological polar surface area (TPSA) is 40.6 Å². The molecular formula is C15H22N2O2. The van der Waals surface area contributed by atoms with E-state index in [1.807, 2.05) is 0 Å². The summed E-state index contributed by atoms with van der Waals surface area (Å²) in [4.78, 5) is 29.6. The van der Waals surface area contributed by atoms with Gasteiger partial charge in [-0.15, -0.1) is 0 Å². The van der Waals surface area contributed by atoms with Crippen LogP contribution >= 0.6 is 0 Å². The van der Waals surface area contributed by atoms with Gasteiger partial charge in [0.2, 0.25) is 11.8 Å². The van der Waals surface area contributed by atoms with Crippen LogP contribution in [-0.4, -0.2) is 46.8 Å². The quantitative estimate of drug-likeness (QED) is 0.662. The summed E-state index contributed by atoms with van der Waals surface area (Å²) in [5.74, 6) is 0.922. The van der Waals surface area contributed by atoms with Gasteiger partial charge in [-0.05, 0) is 44.9 Å². The Labute approximate surface area is 114 Å². The van der Waals surface area contributed by atoms with E-state index in [1.165, 1.54) is 12.8 Å². The molecule has 104 valence electrons. The van der Waals surface area contributed by atoms with Crippen LogP contribution in [0.15, 0.2) is 0 Å². The zero-order chi connectivity index (χ0) is 13.0. The number of amides is 2. The summed E-state index contributed by atoms with van der Waals surface area (Å²) in [6.45, 7) is 1.77. The third-order valence-electron chi connectivity index (χ3n) is 5.74. The van der Waals surface area contributed by atoms with Gasteiger partial charge in [0.05, 0.1) is 11.8 Å². The molecule has 0 aromatic carbocycles. The smallest absolute Gasteiger partial charge is 0.228 e. The minimum Gasteiger partial charge on any atom is -0.339 e. The number of carbonyl (C=O) groups excluding carboxylic acids is 2. The first-order valence-corrected chi connectivity index (χ1v) is 7.88. The molecule has 2 amide bonds. The Kier molecular flexibility index (Phi) is 2.61. The van der Waals surface area contributed by atoms with Crippen LogP contribution in [0.5, 0.6) is 0 Å². The van der Waals surface area contributed by atoms with Gasteiger partial charge in [-0.1, -0.05) is 0 Å². The van der Waals surface area contributed by atoms with E-state index in [2.05, 4.69) is 9.80 Å². The highest BCUT2D eigenvalue weighted by atomic mass is 16.2. The van der Waals surface area contributed by atoms with Crippen molar-refractivity contribution in [3.05, 3.63) is 0 Å². The fourth-order valence-corrected chi connectivity index (χ4v) is 4.84. The lowest BCUT2D eigenvalue weighted by Gasteiger charge is -2.55. The van der Waals surface area contributed by atoms with Crippen molar-refractivity contribution in [1.29, 1.82) is 0 Å². The molecule has 19 heavy (non-hydrogen) atoms. The van der Waals surface area contributed by atoms with E-state index < -0.39 is 0 Å². The van der Waals surface area contributed by atoms with E-state index in [-0.39, 0.29) is 23.9 Å². The lowest BCUT2D eigenvalue weighted by molar-refractivity contribution is -0.170. The number of piperidine rings is 4. The van der Waals surface area contributed by atoms with Gasteiger partial charge in [-0.3, -0.25) is 9.59 Å². The van der Waals surface area contributed by atoms with Crippen LogP contribution in [0.1, 0.15) is 44.9 Å². The third-order valence-corrected chi connectivity index (χ3v) is 5.74. The molecule has 0 saturated carbocycles. The van der Waals surface area contributed by atoms with Crippen molar-refractivity contribution >= 4 is 11.8 Å². The van der Waals surface area contributed by atoms with Gasteiger partial charge in [0.15, 0.2) is 0 Å². The molecule has 0 N–H and O–H groups in total. The molecule has 4 rings (SSSR count). The predicted octanol–water partition coefficient (Wildman–Crippen LogP) is 1.40. The van der Waals surface area contributed by atoms with Gasteiger partial charge in [-0.25, -0.2) is 0 Å². The molecule has 0 aliphatic carbocycles. The average Bonchev–Trinajstić information content (AvgIpc) is 2.47. The molecule has 4 aliphatic heterocycles. The summed E-state index contributed by atoms with van der Waals surface area (Å²) >= 11 is 0.